The highest BCUT2D eigenvalue weighted by Crippen LogP contribution is 2.26. The molecule has 0 amide bonds. The number of benzene rings is 1. The van der Waals surface area contributed by atoms with E-state index in [4.69, 9.17) is 9.47 Å². The SMILES string of the molecule is CN=C(NCC(C)Oc1ccccc1OC)N1CCN(c2ncccn2)CC1.I. The second-order valence-corrected chi connectivity index (χ2v) is 6.53. The molecule has 8 nitrogen and oxygen atoms in total. The van der Waals surface area contributed by atoms with Crippen molar-refractivity contribution in [3.8, 4) is 11.5 Å². The van der Waals surface area contributed by atoms with Crippen LogP contribution in [-0.2, 0) is 0 Å². The van der Waals surface area contributed by atoms with Crippen molar-refractivity contribution in [3.05, 3.63) is 42.7 Å². The molecular weight excluding hydrogens is 483 g/mol. The van der Waals surface area contributed by atoms with Crippen LogP contribution in [0.15, 0.2) is 47.7 Å². The largest absolute Gasteiger partial charge is 0.493 e. The third-order valence-corrected chi connectivity index (χ3v) is 4.57. The molecule has 0 bridgehead atoms. The van der Waals surface area contributed by atoms with E-state index >= 15 is 0 Å². The maximum Gasteiger partial charge on any atom is 0.225 e. The van der Waals surface area contributed by atoms with Crippen molar-refractivity contribution in [1.29, 1.82) is 0 Å². The zero-order valence-electron chi connectivity index (χ0n) is 17.1. The molecule has 1 aliphatic rings. The van der Waals surface area contributed by atoms with Crippen molar-refractivity contribution in [3.63, 3.8) is 0 Å². The van der Waals surface area contributed by atoms with Crippen LogP contribution in [0.4, 0.5) is 5.95 Å². The number of methoxy groups -OCH3 is 1. The number of guanidine groups is 1. The molecule has 1 fully saturated rings. The summed E-state index contributed by atoms with van der Waals surface area (Å²) in [5.41, 5.74) is 0. The molecule has 29 heavy (non-hydrogen) atoms. The topological polar surface area (TPSA) is 75.1 Å². The minimum absolute atomic E-state index is 0. The first kappa shape index (κ1) is 23.0. The van der Waals surface area contributed by atoms with E-state index in [-0.39, 0.29) is 30.1 Å². The third-order valence-electron chi connectivity index (χ3n) is 4.57. The van der Waals surface area contributed by atoms with Gasteiger partial charge in [-0.25, -0.2) is 9.97 Å². The number of para-hydroxylation sites is 2. The van der Waals surface area contributed by atoms with Crippen molar-refractivity contribution in [2.75, 3.05) is 51.8 Å². The van der Waals surface area contributed by atoms with Gasteiger partial charge in [0.1, 0.15) is 6.10 Å². The monoisotopic (exact) mass is 512 g/mol. The lowest BCUT2D eigenvalue weighted by Gasteiger charge is -2.36. The highest BCUT2D eigenvalue weighted by Gasteiger charge is 2.21. The van der Waals surface area contributed by atoms with E-state index in [0.29, 0.717) is 6.54 Å². The van der Waals surface area contributed by atoms with Gasteiger partial charge in [-0.3, -0.25) is 4.99 Å². The lowest BCUT2D eigenvalue weighted by Crippen LogP contribution is -2.53. The first-order valence-corrected chi connectivity index (χ1v) is 9.48. The maximum absolute atomic E-state index is 6.01. The van der Waals surface area contributed by atoms with Gasteiger partial charge in [-0.15, -0.1) is 24.0 Å². The number of aromatic nitrogens is 2. The Morgan fingerprint density at radius 3 is 2.38 bits per heavy atom. The molecule has 158 valence electrons. The van der Waals surface area contributed by atoms with Crippen LogP contribution < -0.4 is 19.7 Å². The Bertz CT molecular complexity index is 769. The summed E-state index contributed by atoms with van der Waals surface area (Å²) in [5, 5.41) is 3.41. The fraction of sp³-hybridized carbons (Fsp3) is 0.450. The Kier molecular flexibility index (Phi) is 9.23. The van der Waals surface area contributed by atoms with Crippen LogP contribution in [0.25, 0.3) is 0 Å². The average Bonchev–Trinajstić information content (AvgIpc) is 2.75. The number of ether oxygens (including phenoxy) is 2. The predicted octanol–water partition coefficient (Wildman–Crippen LogP) is 2.27. The molecule has 3 rings (SSSR count). The van der Waals surface area contributed by atoms with Crippen LogP contribution in [0.5, 0.6) is 11.5 Å². The summed E-state index contributed by atoms with van der Waals surface area (Å²) in [6.45, 7) is 6.11. The minimum Gasteiger partial charge on any atom is -0.493 e. The molecule has 1 N–H and O–H groups in total. The lowest BCUT2D eigenvalue weighted by atomic mass is 10.3. The van der Waals surface area contributed by atoms with Gasteiger partial charge >= 0.3 is 0 Å². The minimum atomic E-state index is -0.0351. The predicted molar refractivity (Wildman–Crippen MR) is 126 cm³/mol. The average molecular weight is 512 g/mol. The molecule has 1 atom stereocenters. The third kappa shape index (κ3) is 6.34. The summed E-state index contributed by atoms with van der Waals surface area (Å²) in [5.74, 6) is 3.14. The number of hydrogen-bond donors (Lipinski definition) is 1. The smallest absolute Gasteiger partial charge is 0.225 e. The van der Waals surface area contributed by atoms with Crippen LogP contribution in [-0.4, -0.2) is 73.8 Å². The van der Waals surface area contributed by atoms with E-state index in [2.05, 4.69) is 30.1 Å². The number of nitrogens with zero attached hydrogens (tertiary/aromatic N) is 5. The molecule has 1 aromatic heterocycles. The zero-order valence-corrected chi connectivity index (χ0v) is 19.4. The molecule has 1 aromatic carbocycles. The fourth-order valence-corrected chi connectivity index (χ4v) is 3.11. The number of piperazine rings is 1. The summed E-state index contributed by atoms with van der Waals surface area (Å²) < 4.78 is 11.4. The van der Waals surface area contributed by atoms with Crippen LogP contribution in [0, 0.1) is 0 Å². The van der Waals surface area contributed by atoms with Crippen molar-refractivity contribution in [2.45, 2.75) is 13.0 Å². The van der Waals surface area contributed by atoms with Gasteiger partial charge in [0.05, 0.1) is 13.7 Å². The van der Waals surface area contributed by atoms with Crippen molar-refractivity contribution in [1.82, 2.24) is 20.2 Å². The van der Waals surface area contributed by atoms with Crippen molar-refractivity contribution < 1.29 is 9.47 Å². The Hall–Kier alpha value is -2.30. The van der Waals surface area contributed by atoms with E-state index in [0.717, 1.165) is 49.6 Å². The number of aliphatic imine (C=N–C) groups is 1. The lowest BCUT2D eigenvalue weighted by molar-refractivity contribution is 0.211. The molecule has 0 aliphatic carbocycles. The molecule has 2 aromatic rings. The number of rotatable bonds is 6. The number of anilines is 1. The van der Waals surface area contributed by atoms with Gasteiger partial charge in [0.15, 0.2) is 17.5 Å². The second kappa shape index (κ2) is 11.6. The summed E-state index contributed by atoms with van der Waals surface area (Å²) in [6.07, 6.45) is 3.52. The van der Waals surface area contributed by atoms with E-state index in [1.807, 2.05) is 37.3 Å². The molecular formula is C20H29IN6O2. The van der Waals surface area contributed by atoms with Gasteiger partial charge in [0.2, 0.25) is 5.95 Å². The Balaban J connectivity index is 0.00000300. The molecule has 1 saturated heterocycles. The Morgan fingerprint density at radius 1 is 1.10 bits per heavy atom. The van der Waals surface area contributed by atoms with Gasteiger partial charge in [0, 0.05) is 45.6 Å². The van der Waals surface area contributed by atoms with Crippen LogP contribution >= 0.6 is 24.0 Å². The fourth-order valence-electron chi connectivity index (χ4n) is 3.11. The van der Waals surface area contributed by atoms with Gasteiger partial charge < -0.3 is 24.6 Å². The molecule has 2 heterocycles. The zero-order chi connectivity index (χ0) is 19.8. The Labute approximate surface area is 189 Å². The summed E-state index contributed by atoms with van der Waals surface area (Å²) >= 11 is 0. The van der Waals surface area contributed by atoms with E-state index in [9.17, 15) is 0 Å². The maximum atomic E-state index is 6.01. The quantitative estimate of drug-likeness (QED) is 0.362. The second-order valence-electron chi connectivity index (χ2n) is 6.53. The van der Waals surface area contributed by atoms with Crippen molar-refractivity contribution >= 4 is 35.9 Å². The van der Waals surface area contributed by atoms with Crippen LogP contribution in [0.2, 0.25) is 0 Å². The molecule has 0 spiro atoms. The molecule has 1 unspecified atom stereocenters. The number of halogens is 1. The first-order chi connectivity index (χ1) is 13.7. The summed E-state index contributed by atoms with van der Waals surface area (Å²) in [4.78, 5) is 17.5. The van der Waals surface area contributed by atoms with Gasteiger partial charge in [-0.2, -0.15) is 0 Å². The van der Waals surface area contributed by atoms with Crippen LogP contribution in [0.3, 0.4) is 0 Å². The number of hydrogen-bond acceptors (Lipinski definition) is 6. The molecule has 1 aliphatic heterocycles. The highest BCUT2D eigenvalue weighted by atomic mass is 127. The van der Waals surface area contributed by atoms with Crippen LogP contribution in [0.1, 0.15) is 6.92 Å². The summed E-state index contributed by atoms with van der Waals surface area (Å²) in [6, 6.07) is 9.50. The van der Waals surface area contributed by atoms with Gasteiger partial charge in [0.25, 0.3) is 0 Å². The van der Waals surface area contributed by atoms with Crippen molar-refractivity contribution in [2.24, 2.45) is 4.99 Å². The van der Waals surface area contributed by atoms with Gasteiger partial charge in [-0.1, -0.05) is 12.1 Å². The first-order valence-electron chi connectivity index (χ1n) is 9.48. The van der Waals surface area contributed by atoms with Gasteiger partial charge in [-0.05, 0) is 25.1 Å². The number of nitrogens with one attached hydrogen (secondary N) is 1. The molecule has 0 radical (unpaired) electrons. The van der Waals surface area contributed by atoms with E-state index in [1.165, 1.54) is 0 Å². The van der Waals surface area contributed by atoms with E-state index in [1.54, 1.807) is 26.6 Å². The Morgan fingerprint density at radius 2 is 1.76 bits per heavy atom. The highest BCUT2D eigenvalue weighted by molar-refractivity contribution is 14.0. The standard InChI is InChI=1S/C20H28N6O2.HI/c1-16(28-18-8-5-4-7-17(18)27-3)15-24-19(21-2)25-11-13-26(14-12-25)20-22-9-6-10-23-20;/h4-10,16H,11-15H2,1-3H3,(H,21,24);1H. The van der Waals surface area contributed by atoms with E-state index < -0.39 is 0 Å². The summed E-state index contributed by atoms with van der Waals surface area (Å²) in [7, 11) is 3.45. The molecule has 0 saturated carbocycles. The molecule has 9 heteroatoms. The normalized spacial score (nSPS) is 15.3.